The summed E-state index contributed by atoms with van der Waals surface area (Å²) in [7, 11) is 3.38. The first-order valence-electron chi connectivity index (χ1n) is 8.53. The van der Waals surface area contributed by atoms with Gasteiger partial charge in [0, 0.05) is 31.2 Å². The Hall–Kier alpha value is -1.79. The molecule has 6 nitrogen and oxygen atoms in total. The second kappa shape index (κ2) is 7.22. The third kappa shape index (κ3) is 4.44. The van der Waals surface area contributed by atoms with Crippen LogP contribution >= 0.6 is 11.6 Å². The largest absolute Gasteiger partial charge is 0.365 e. The van der Waals surface area contributed by atoms with Crippen molar-refractivity contribution in [2.75, 3.05) is 33.8 Å². The van der Waals surface area contributed by atoms with Gasteiger partial charge in [-0.05, 0) is 37.0 Å². The van der Waals surface area contributed by atoms with Crippen LogP contribution in [-0.2, 0) is 16.0 Å². The molecule has 3 amide bonds. The maximum atomic E-state index is 12.6. The number of carbonyl (C=O) groups is 2. The summed E-state index contributed by atoms with van der Waals surface area (Å²) in [5.74, 6) is -0.111. The van der Waals surface area contributed by atoms with Crippen LogP contribution in [0.1, 0.15) is 18.4 Å². The summed E-state index contributed by atoms with van der Waals surface area (Å²) in [6.07, 6.45) is 2.14. The maximum Gasteiger partial charge on any atom is 0.318 e. The van der Waals surface area contributed by atoms with Crippen molar-refractivity contribution in [2.24, 2.45) is 0 Å². The Morgan fingerprint density at radius 1 is 1.32 bits per heavy atom. The SMILES string of the molecule is CN(C)C(=O)C1CN(C(=O)NC2(Cc3ccc(Cl)cc3)CC2)CCO1. The first-order valence-corrected chi connectivity index (χ1v) is 8.91. The Balaban J connectivity index is 1.58. The summed E-state index contributed by atoms with van der Waals surface area (Å²) < 4.78 is 5.51. The number of likely N-dealkylation sites (N-methyl/N-ethyl adjacent to an activating group) is 1. The standard InChI is InChI=1S/C18H24ClN3O3/c1-21(2)16(23)15-12-22(9-10-25-15)17(24)20-18(7-8-18)11-13-3-5-14(19)6-4-13/h3-6,15H,7-12H2,1-2H3,(H,20,24). The molecule has 1 aliphatic carbocycles. The van der Waals surface area contributed by atoms with E-state index in [4.69, 9.17) is 16.3 Å². The van der Waals surface area contributed by atoms with Gasteiger partial charge in [-0.1, -0.05) is 23.7 Å². The van der Waals surface area contributed by atoms with E-state index in [0.717, 1.165) is 24.8 Å². The highest BCUT2D eigenvalue weighted by Crippen LogP contribution is 2.39. The van der Waals surface area contributed by atoms with Crippen LogP contribution < -0.4 is 5.32 Å². The van der Waals surface area contributed by atoms with Gasteiger partial charge in [-0.3, -0.25) is 4.79 Å². The highest BCUT2D eigenvalue weighted by molar-refractivity contribution is 6.30. The van der Waals surface area contributed by atoms with E-state index in [9.17, 15) is 9.59 Å². The summed E-state index contributed by atoms with van der Waals surface area (Å²) in [4.78, 5) is 27.9. The van der Waals surface area contributed by atoms with E-state index in [2.05, 4.69) is 5.32 Å². The maximum absolute atomic E-state index is 12.6. The van der Waals surface area contributed by atoms with Crippen LogP contribution in [0.15, 0.2) is 24.3 Å². The van der Waals surface area contributed by atoms with Crippen molar-refractivity contribution in [1.82, 2.24) is 15.1 Å². The molecular formula is C18H24ClN3O3. The van der Waals surface area contributed by atoms with Gasteiger partial charge in [0.15, 0.2) is 6.10 Å². The number of nitrogens with one attached hydrogen (secondary N) is 1. The van der Waals surface area contributed by atoms with Crippen molar-refractivity contribution >= 4 is 23.5 Å². The van der Waals surface area contributed by atoms with Gasteiger partial charge in [0.05, 0.1) is 13.2 Å². The average molecular weight is 366 g/mol. The van der Waals surface area contributed by atoms with E-state index in [1.807, 2.05) is 24.3 Å². The zero-order chi connectivity index (χ0) is 18.0. The van der Waals surface area contributed by atoms with Crippen LogP contribution in [0.4, 0.5) is 4.79 Å². The number of hydrogen-bond donors (Lipinski definition) is 1. The van der Waals surface area contributed by atoms with Gasteiger partial charge >= 0.3 is 6.03 Å². The lowest BCUT2D eigenvalue weighted by Gasteiger charge is -2.34. The highest BCUT2D eigenvalue weighted by atomic mass is 35.5. The molecule has 1 aromatic rings. The number of hydrogen-bond acceptors (Lipinski definition) is 3. The molecule has 2 aliphatic rings. The number of urea groups is 1. The monoisotopic (exact) mass is 365 g/mol. The van der Waals surface area contributed by atoms with Crippen molar-refractivity contribution in [3.63, 3.8) is 0 Å². The van der Waals surface area contributed by atoms with Gasteiger partial charge in [-0.15, -0.1) is 0 Å². The van der Waals surface area contributed by atoms with Gasteiger partial charge in [-0.2, -0.15) is 0 Å². The quantitative estimate of drug-likeness (QED) is 0.886. The number of nitrogens with zero attached hydrogens (tertiary/aromatic N) is 2. The second-order valence-corrected chi connectivity index (χ2v) is 7.49. The Morgan fingerprint density at radius 3 is 2.60 bits per heavy atom. The van der Waals surface area contributed by atoms with Gasteiger partial charge in [0.2, 0.25) is 0 Å². The van der Waals surface area contributed by atoms with Crippen LogP contribution in [0.3, 0.4) is 0 Å². The van der Waals surface area contributed by atoms with Crippen molar-refractivity contribution in [2.45, 2.75) is 30.9 Å². The second-order valence-electron chi connectivity index (χ2n) is 7.05. The molecule has 1 unspecified atom stereocenters. The molecule has 1 saturated carbocycles. The molecule has 0 aromatic heterocycles. The van der Waals surface area contributed by atoms with Crippen molar-refractivity contribution < 1.29 is 14.3 Å². The minimum Gasteiger partial charge on any atom is -0.365 e. The number of halogens is 1. The smallest absolute Gasteiger partial charge is 0.318 e. The minimum absolute atomic E-state index is 0.111. The Morgan fingerprint density at radius 2 is 2.00 bits per heavy atom. The van der Waals surface area contributed by atoms with Crippen LogP contribution in [0.2, 0.25) is 5.02 Å². The number of carbonyl (C=O) groups excluding carboxylic acids is 2. The van der Waals surface area contributed by atoms with E-state index in [1.54, 1.807) is 19.0 Å². The molecule has 136 valence electrons. The number of ether oxygens (including phenoxy) is 1. The molecule has 0 radical (unpaired) electrons. The molecule has 1 heterocycles. The summed E-state index contributed by atoms with van der Waals surface area (Å²) in [5, 5.41) is 3.87. The Bertz CT molecular complexity index is 643. The molecule has 1 atom stereocenters. The summed E-state index contributed by atoms with van der Waals surface area (Å²) >= 11 is 5.93. The Labute approximate surface area is 153 Å². The van der Waals surface area contributed by atoms with Crippen LogP contribution in [0.5, 0.6) is 0 Å². The van der Waals surface area contributed by atoms with E-state index in [0.29, 0.717) is 24.7 Å². The summed E-state index contributed by atoms with van der Waals surface area (Å²) in [5.41, 5.74) is 0.981. The fraction of sp³-hybridized carbons (Fsp3) is 0.556. The topological polar surface area (TPSA) is 61.9 Å². The lowest BCUT2D eigenvalue weighted by Crippen LogP contribution is -2.55. The van der Waals surface area contributed by atoms with E-state index in [1.165, 1.54) is 4.90 Å². The van der Waals surface area contributed by atoms with Crippen molar-refractivity contribution in [3.8, 4) is 0 Å². The summed E-state index contributed by atoms with van der Waals surface area (Å²) in [6.45, 7) is 1.17. The van der Waals surface area contributed by atoms with Crippen LogP contribution in [-0.4, -0.2) is 67.2 Å². The average Bonchev–Trinajstić information content (AvgIpc) is 3.35. The fourth-order valence-electron chi connectivity index (χ4n) is 3.07. The van der Waals surface area contributed by atoms with Gasteiger partial charge in [0.25, 0.3) is 5.91 Å². The number of benzene rings is 1. The molecule has 1 N–H and O–H groups in total. The van der Waals surface area contributed by atoms with Crippen LogP contribution in [0, 0.1) is 0 Å². The molecule has 2 fully saturated rings. The minimum atomic E-state index is -0.582. The molecule has 1 aliphatic heterocycles. The predicted molar refractivity (Wildman–Crippen MR) is 95.7 cm³/mol. The van der Waals surface area contributed by atoms with Crippen LogP contribution in [0.25, 0.3) is 0 Å². The van der Waals surface area contributed by atoms with Gasteiger partial charge in [0.1, 0.15) is 0 Å². The molecule has 7 heteroatoms. The molecule has 0 bridgehead atoms. The van der Waals surface area contributed by atoms with Gasteiger partial charge in [-0.25, -0.2) is 4.79 Å². The fourth-order valence-corrected chi connectivity index (χ4v) is 3.19. The van der Waals surface area contributed by atoms with Crippen molar-refractivity contribution in [1.29, 1.82) is 0 Å². The zero-order valence-electron chi connectivity index (χ0n) is 14.6. The number of amides is 3. The lowest BCUT2D eigenvalue weighted by molar-refractivity contribution is -0.145. The molecular weight excluding hydrogens is 342 g/mol. The van der Waals surface area contributed by atoms with Crippen molar-refractivity contribution in [3.05, 3.63) is 34.9 Å². The highest BCUT2D eigenvalue weighted by Gasteiger charge is 2.45. The molecule has 3 rings (SSSR count). The summed E-state index contributed by atoms with van der Waals surface area (Å²) in [6, 6.07) is 7.61. The first kappa shape index (κ1) is 18.0. The third-order valence-electron chi connectivity index (χ3n) is 4.75. The number of rotatable bonds is 4. The third-order valence-corrected chi connectivity index (χ3v) is 5.00. The molecule has 25 heavy (non-hydrogen) atoms. The lowest BCUT2D eigenvalue weighted by atomic mass is 10.0. The van der Waals surface area contributed by atoms with Gasteiger partial charge < -0.3 is 19.9 Å². The molecule has 1 saturated heterocycles. The van der Waals surface area contributed by atoms with E-state index >= 15 is 0 Å². The molecule has 0 spiro atoms. The predicted octanol–water partition coefficient (Wildman–Crippen LogP) is 1.91. The zero-order valence-corrected chi connectivity index (χ0v) is 15.4. The number of morpholine rings is 1. The molecule has 1 aromatic carbocycles. The Kier molecular flexibility index (Phi) is 5.20. The van der Waals surface area contributed by atoms with E-state index < -0.39 is 6.10 Å². The first-order chi connectivity index (χ1) is 11.9. The van der Waals surface area contributed by atoms with E-state index in [-0.39, 0.29) is 17.5 Å². The normalized spacial score (nSPS) is 21.6.